The van der Waals surface area contributed by atoms with E-state index in [1.165, 1.54) is 18.2 Å². The number of hydrogen-bond acceptors (Lipinski definition) is 4. The molecule has 8 heteroatoms. The highest BCUT2D eigenvalue weighted by Crippen LogP contribution is 2.23. The Kier molecular flexibility index (Phi) is 4.98. The molecule has 0 bridgehead atoms. The first-order chi connectivity index (χ1) is 9.40. The molecule has 1 atom stereocenters. The van der Waals surface area contributed by atoms with E-state index in [1.54, 1.807) is 0 Å². The number of hydrogen-bond donors (Lipinski definition) is 2. The normalized spacial score (nSPS) is 19.1. The highest BCUT2D eigenvalue weighted by molar-refractivity contribution is 7.89. The van der Waals surface area contributed by atoms with E-state index in [1.807, 2.05) is 0 Å². The van der Waals surface area contributed by atoms with E-state index < -0.39 is 10.0 Å². The van der Waals surface area contributed by atoms with Crippen molar-refractivity contribution in [2.24, 2.45) is 5.73 Å². The van der Waals surface area contributed by atoms with Gasteiger partial charge in [0.25, 0.3) is 0 Å². The summed E-state index contributed by atoms with van der Waals surface area (Å²) in [4.78, 5) is 0.181. The molecule has 1 aliphatic rings. The number of nitrogens with one attached hydrogen (secondary N) is 1. The third-order valence-corrected chi connectivity index (χ3v) is 5.17. The first-order valence-corrected chi connectivity index (χ1v) is 8.38. The highest BCUT2D eigenvalue weighted by atomic mass is 35.5. The van der Waals surface area contributed by atoms with E-state index in [-0.39, 0.29) is 27.6 Å². The average molecular weight is 335 g/mol. The Morgan fingerprint density at radius 2 is 2.30 bits per heavy atom. The summed E-state index contributed by atoms with van der Waals surface area (Å²) < 4.78 is 32.2. The fraction of sp³-hybridized carbons (Fsp3) is 0.417. The van der Waals surface area contributed by atoms with Crippen LogP contribution >= 0.6 is 23.8 Å². The number of nitrogens with two attached hydrogens (primary N) is 1. The van der Waals surface area contributed by atoms with Gasteiger partial charge in [-0.05, 0) is 25.0 Å². The van der Waals surface area contributed by atoms with Gasteiger partial charge in [0, 0.05) is 18.7 Å². The van der Waals surface area contributed by atoms with E-state index in [0.29, 0.717) is 12.2 Å². The Hall–Kier alpha value is -0.730. The average Bonchev–Trinajstić information content (AvgIpc) is 2.89. The van der Waals surface area contributed by atoms with E-state index in [4.69, 9.17) is 34.3 Å². The summed E-state index contributed by atoms with van der Waals surface area (Å²) in [7, 11) is -3.67. The fourth-order valence-corrected chi connectivity index (χ4v) is 3.69. The topological polar surface area (TPSA) is 81.4 Å². The van der Waals surface area contributed by atoms with Crippen LogP contribution in [0.4, 0.5) is 0 Å². The van der Waals surface area contributed by atoms with Crippen LogP contribution in [0.25, 0.3) is 0 Å². The second-order valence-corrected chi connectivity index (χ2v) is 7.08. The lowest BCUT2D eigenvalue weighted by molar-refractivity contribution is 0.114. The predicted octanol–water partition coefficient (Wildman–Crippen LogP) is 1.43. The molecule has 0 radical (unpaired) electrons. The SMILES string of the molecule is NC(=S)c1ccc(S(=O)(=O)NCC2CCCO2)c(Cl)c1. The quantitative estimate of drug-likeness (QED) is 0.796. The number of thiocarbonyl (C=S) groups is 1. The van der Waals surface area contributed by atoms with Crippen LogP contribution in [0.2, 0.25) is 5.02 Å². The summed E-state index contributed by atoms with van der Waals surface area (Å²) in [5.74, 6) is 0. The molecule has 1 aromatic carbocycles. The standard InChI is InChI=1S/C12H15ClN2O3S2/c13-10-6-8(12(14)19)3-4-11(10)20(16,17)15-7-9-2-1-5-18-9/h3-4,6,9,15H,1-2,5,7H2,(H2,14,19). The Labute approximate surface area is 128 Å². The molecule has 1 fully saturated rings. The molecular formula is C12H15ClN2O3S2. The molecule has 0 spiro atoms. The third kappa shape index (κ3) is 3.67. The lowest BCUT2D eigenvalue weighted by atomic mass is 10.2. The van der Waals surface area contributed by atoms with Crippen molar-refractivity contribution in [3.8, 4) is 0 Å². The molecular weight excluding hydrogens is 320 g/mol. The maximum absolute atomic E-state index is 12.2. The Balaban J connectivity index is 2.14. The zero-order chi connectivity index (χ0) is 14.8. The molecule has 1 saturated heterocycles. The highest BCUT2D eigenvalue weighted by Gasteiger charge is 2.22. The van der Waals surface area contributed by atoms with Gasteiger partial charge in [0.2, 0.25) is 10.0 Å². The number of rotatable bonds is 5. The molecule has 0 aliphatic carbocycles. The first kappa shape index (κ1) is 15.7. The summed E-state index contributed by atoms with van der Waals surface area (Å²) in [6.45, 7) is 0.922. The van der Waals surface area contributed by atoms with Gasteiger partial charge in [-0.1, -0.05) is 29.9 Å². The second kappa shape index (κ2) is 6.36. The minimum Gasteiger partial charge on any atom is -0.389 e. The van der Waals surface area contributed by atoms with Crippen molar-refractivity contribution >= 4 is 38.8 Å². The van der Waals surface area contributed by atoms with Crippen LogP contribution in [0.1, 0.15) is 18.4 Å². The van der Waals surface area contributed by atoms with Crippen molar-refractivity contribution in [2.75, 3.05) is 13.2 Å². The Bertz CT molecular complexity index is 613. The number of ether oxygens (including phenoxy) is 1. The molecule has 20 heavy (non-hydrogen) atoms. The van der Waals surface area contributed by atoms with Crippen LogP contribution < -0.4 is 10.5 Å². The molecule has 1 unspecified atom stereocenters. The van der Waals surface area contributed by atoms with E-state index in [9.17, 15) is 8.42 Å². The molecule has 0 saturated carbocycles. The summed E-state index contributed by atoms with van der Waals surface area (Å²) in [6.07, 6.45) is 1.74. The zero-order valence-electron chi connectivity index (χ0n) is 10.6. The van der Waals surface area contributed by atoms with Crippen molar-refractivity contribution < 1.29 is 13.2 Å². The number of sulfonamides is 1. The van der Waals surface area contributed by atoms with Crippen molar-refractivity contribution in [3.05, 3.63) is 28.8 Å². The van der Waals surface area contributed by atoms with E-state index in [0.717, 1.165) is 12.8 Å². The molecule has 3 N–H and O–H groups in total. The zero-order valence-corrected chi connectivity index (χ0v) is 13.0. The second-order valence-electron chi connectivity index (χ2n) is 4.50. The minimum atomic E-state index is -3.67. The van der Waals surface area contributed by atoms with Crippen LogP contribution in [0.3, 0.4) is 0 Å². The number of benzene rings is 1. The smallest absolute Gasteiger partial charge is 0.242 e. The molecule has 2 rings (SSSR count). The van der Waals surface area contributed by atoms with E-state index in [2.05, 4.69) is 4.72 Å². The third-order valence-electron chi connectivity index (χ3n) is 3.03. The van der Waals surface area contributed by atoms with Gasteiger partial charge in [0.05, 0.1) is 11.1 Å². The summed E-state index contributed by atoms with van der Waals surface area (Å²) in [5.41, 5.74) is 6.00. The summed E-state index contributed by atoms with van der Waals surface area (Å²) >= 11 is 10.8. The van der Waals surface area contributed by atoms with Crippen molar-refractivity contribution in [2.45, 2.75) is 23.8 Å². The van der Waals surface area contributed by atoms with Gasteiger partial charge in [-0.15, -0.1) is 0 Å². The van der Waals surface area contributed by atoms with Crippen LogP contribution in [-0.2, 0) is 14.8 Å². The Morgan fingerprint density at radius 1 is 1.55 bits per heavy atom. The minimum absolute atomic E-state index is 0.0113. The lowest BCUT2D eigenvalue weighted by Crippen LogP contribution is -2.32. The van der Waals surface area contributed by atoms with Gasteiger partial charge in [-0.2, -0.15) is 0 Å². The van der Waals surface area contributed by atoms with Crippen LogP contribution in [0.5, 0.6) is 0 Å². The van der Waals surface area contributed by atoms with Gasteiger partial charge in [0.15, 0.2) is 0 Å². The first-order valence-electron chi connectivity index (χ1n) is 6.11. The van der Waals surface area contributed by atoms with Gasteiger partial charge in [0.1, 0.15) is 9.88 Å². The van der Waals surface area contributed by atoms with Crippen molar-refractivity contribution in [1.82, 2.24) is 4.72 Å². The fourth-order valence-electron chi connectivity index (χ4n) is 1.96. The van der Waals surface area contributed by atoms with Crippen molar-refractivity contribution in [3.63, 3.8) is 0 Å². The van der Waals surface area contributed by atoms with Gasteiger partial charge in [-0.3, -0.25) is 0 Å². The monoisotopic (exact) mass is 334 g/mol. The Morgan fingerprint density at radius 3 is 2.85 bits per heavy atom. The molecule has 5 nitrogen and oxygen atoms in total. The lowest BCUT2D eigenvalue weighted by Gasteiger charge is -2.12. The maximum atomic E-state index is 12.2. The molecule has 0 amide bonds. The largest absolute Gasteiger partial charge is 0.389 e. The van der Waals surface area contributed by atoms with Crippen LogP contribution in [0, 0.1) is 0 Å². The van der Waals surface area contributed by atoms with Crippen LogP contribution in [0.15, 0.2) is 23.1 Å². The predicted molar refractivity (Wildman–Crippen MR) is 81.5 cm³/mol. The maximum Gasteiger partial charge on any atom is 0.242 e. The number of halogens is 1. The van der Waals surface area contributed by atoms with Gasteiger partial charge in [-0.25, -0.2) is 13.1 Å². The molecule has 0 aromatic heterocycles. The van der Waals surface area contributed by atoms with E-state index >= 15 is 0 Å². The van der Waals surface area contributed by atoms with Gasteiger partial charge < -0.3 is 10.5 Å². The molecule has 1 aromatic rings. The van der Waals surface area contributed by atoms with Crippen molar-refractivity contribution in [1.29, 1.82) is 0 Å². The summed E-state index contributed by atoms with van der Waals surface area (Å²) in [5, 5.41) is 0.0927. The molecule has 110 valence electrons. The molecule has 1 heterocycles. The molecule has 1 aliphatic heterocycles. The summed E-state index contributed by atoms with van der Waals surface area (Å²) in [6, 6.07) is 4.38. The van der Waals surface area contributed by atoms with Crippen LogP contribution in [-0.4, -0.2) is 32.7 Å². The van der Waals surface area contributed by atoms with Gasteiger partial charge >= 0.3 is 0 Å².